The van der Waals surface area contributed by atoms with Gasteiger partial charge in [0.15, 0.2) is 0 Å². The lowest BCUT2D eigenvalue weighted by molar-refractivity contribution is -0.143. The Labute approximate surface area is 104 Å². The van der Waals surface area contributed by atoms with Gasteiger partial charge >= 0.3 is 5.97 Å². The summed E-state index contributed by atoms with van der Waals surface area (Å²) in [6.07, 6.45) is 7.22. The summed E-state index contributed by atoms with van der Waals surface area (Å²) >= 11 is 0. The molecule has 17 heavy (non-hydrogen) atoms. The second-order valence-corrected chi connectivity index (χ2v) is 5.74. The molecule has 0 amide bonds. The number of carboxylic acid groups (broad SMARTS) is 1. The molecule has 3 N–H and O–H groups in total. The lowest BCUT2D eigenvalue weighted by Crippen LogP contribution is -2.47. The Kier molecular flexibility index (Phi) is 5.40. The van der Waals surface area contributed by atoms with Crippen molar-refractivity contribution < 1.29 is 9.90 Å². The van der Waals surface area contributed by atoms with E-state index in [-0.39, 0.29) is 0 Å². The molecular weight excluding hydrogens is 216 g/mol. The summed E-state index contributed by atoms with van der Waals surface area (Å²) in [6.45, 7) is 3.43. The van der Waals surface area contributed by atoms with Crippen LogP contribution in [0.2, 0.25) is 0 Å². The zero-order chi connectivity index (χ0) is 12.9. The number of aliphatic carboxylic acids is 1. The average Bonchev–Trinajstić information content (AvgIpc) is 2.28. The zero-order valence-corrected chi connectivity index (χ0v) is 11.1. The van der Waals surface area contributed by atoms with Gasteiger partial charge in [-0.15, -0.1) is 0 Å². The third-order valence-corrected chi connectivity index (χ3v) is 3.80. The first kappa shape index (κ1) is 14.5. The fraction of sp³-hybridized carbons (Fsp3) is 0.923. The molecule has 1 atom stereocenters. The second-order valence-electron chi connectivity index (χ2n) is 5.74. The molecule has 1 aliphatic carbocycles. The molecule has 0 aromatic heterocycles. The minimum absolute atomic E-state index is 0.506. The van der Waals surface area contributed by atoms with Crippen LogP contribution in [0.4, 0.5) is 0 Å². The van der Waals surface area contributed by atoms with E-state index in [0.717, 1.165) is 19.0 Å². The number of nitrogens with two attached hydrogens (primary N) is 1. The molecule has 0 aliphatic heterocycles. The standard InChI is InChI=1S/C13H26N2O2/c1-13(14,12(16)17)8-9-15(2)10-11-6-4-3-5-7-11/h11H,3-10,14H2,1-2H3,(H,16,17). The molecule has 0 radical (unpaired) electrons. The molecule has 4 nitrogen and oxygen atoms in total. The van der Waals surface area contributed by atoms with Crippen LogP contribution in [-0.2, 0) is 4.79 Å². The van der Waals surface area contributed by atoms with E-state index < -0.39 is 11.5 Å². The van der Waals surface area contributed by atoms with Crippen LogP contribution in [0.3, 0.4) is 0 Å². The van der Waals surface area contributed by atoms with Gasteiger partial charge < -0.3 is 15.7 Å². The predicted octanol–water partition coefficient (Wildman–Crippen LogP) is 1.69. The Morgan fingerprint density at radius 1 is 1.41 bits per heavy atom. The van der Waals surface area contributed by atoms with Crippen LogP contribution >= 0.6 is 0 Å². The van der Waals surface area contributed by atoms with E-state index in [2.05, 4.69) is 11.9 Å². The van der Waals surface area contributed by atoms with Gasteiger partial charge in [0.1, 0.15) is 5.54 Å². The van der Waals surface area contributed by atoms with Crippen molar-refractivity contribution >= 4 is 5.97 Å². The van der Waals surface area contributed by atoms with Crippen LogP contribution < -0.4 is 5.73 Å². The highest BCUT2D eigenvalue weighted by Crippen LogP contribution is 2.24. The fourth-order valence-corrected chi connectivity index (χ4v) is 2.43. The van der Waals surface area contributed by atoms with E-state index in [9.17, 15) is 4.79 Å². The van der Waals surface area contributed by atoms with Crippen LogP contribution in [0.15, 0.2) is 0 Å². The summed E-state index contributed by atoms with van der Waals surface area (Å²) in [5.74, 6) is -0.119. The summed E-state index contributed by atoms with van der Waals surface area (Å²) in [5, 5.41) is 8.93. The molecular formula is C13H26N2O2. The Morgan fingerprint density at radius 2 is 2.00 bits per heavy atom. The summed E-state index contributed by atoms with van der Waals surface area (Å²) in [4.78, 5) is 13.1. The summed E-state index contributed by atoms with van der Waals surface area (Å²) in [7, 11) is 2.06. The van der Waals surface area contributed by atoms with Crippen molar-refractivity contribution in [3.63, 3.8) is 0 Å². The van der Waals surface area contributed by atoms with Gasteiger partial charge in [0, 0.05) is 13.1 Å². The summed E-state index contributed by atoms with van der Waals surface area (Å²) in [5.41, 5.74) is 4.62. The molecule has 1 rings (SSSR count). The largest absolute Gasteiger partial charge is 0.480 e. The molecule has 1 aliphatic rings. The molecule has 0 bridgehead atoms. The highest BCUT2D eigenvalue weighted by atomic mass is 16.4. The quantitative estimate of drug-likeness (QED) is 0.744. The first-order chi connectivity index (χ1) is 7.92. The van der Waals surface area contributed by atoms with Crippen LogP contribution in [0, 0.1) is 5.92 Å². The van der Waals surface area contributed by atoms with E-state index in [0.29, 0.717) is 6.42 Å². The van der Waals surface area contributed by atoms with E-state index in [4.69, 9.17) is 10.8 Å². The Hall–Kier alpha value is -0.610. The summed E-state index contributed by atoms with van der Waals surface area (Å²) < 4.78 is 0. The number of hydrogen-bond donors (Lipinski definition) is 2. The maximum absolute atomic E-state index is 10.9. The van der Waals surface area contributed by atoms with E-state index >= 15 is 0 Å². The van der Waals surface area contributed by atoms with E-state index in [1.54, 1.807) is 6.92 Å². The number of carbonyl (C=O) groups is 1. The Morgan fingerprint density at radius 3 is 2.53 bits per heavy atom. The topological polar surface area (TPSA) is 66.6 Å². The molecule has 1 unspecified atom stereocenters. The van der Waals surface area contributed by atoms with Crippen LogP contribution in [-0.4, -0.2) is 41.7 Å². The third kappa shape index (κ3) is 5.04. The molecule has 0 heterocycles. The normalized spacial score (nSPS) is 21.4. The lowest BCUT2D eigenvalue weighted by Gasteiger charge is -2.29. The second kappa shape index (κ2) is 6.36. The van der Waals surface area contributed by atoms with Gasteiger partial charge in [-0.25, -0.2) is 0 Å². The molecule has 100 valence electrons. The highest BCUT2D eigenvalue weighted by Gasteiger charge is 2.28. The SMILES string of the molecule is CN(CCC(C)(N)C(=O)O)CC1CCCCC1. The number of nitrogens with zero attached hydrogens (tertiary/aromatic N) is 1. The van der Waals surface area contributed by atoms with Crippen molar-refractivity contribution in [3.05, 3.63) is 0 Å². The van der Waals surface area contributed by atoms with Crippen LogP contribution in [0.25, 0.3) is 0 Å². The van der Waals surface area contributed by atoms with Gasteiger partial charge in [-0.1, -0.05) is 19.3 Å². The minimum atomic E-state index is -1.10. The molecule has 1 fully saturated rings. The number of carboxylic acids is 1. The van der Waals surface area contributed by atoms with Crippen molar-refractivity contribution in [1.82, 2.24) is 4.90 Å². The van der Waals surface area contributed by atoms with E-state index in [1.165, 1.54) is 32.1 Å². The predicted molar refractivity (Wildman–Crippen MR) is 68.9 cm³/mol. The highest BCUT2D eigenvalue weighted by molar-refractivity contribution is 5.77. The third-order valence-electron chi connectivity index (χ3n) is 3.80. The smallest absolute Gasteiger partial charge is 0.323 e. The number of hydrogen-bond acceptors (Lipinski definition) is 3. The molecule has 4 heteroatoms. The van der Waals surface area contributed by atoms with Gasteiger partial charge in [0.05, 0.1) is 0 Å². The first-order valence-electron chi connectivity index (χ1n) is 6.62. The maximum atomic E-state index is 10.9. The zero-order valence-electron chi connectivity index (χ0n) is 11.1. The number of rotatable bonds is 6. The summed E-state index contributed by atoms with van der Waals surface area (Å²) in [6, 6.07) is 0. The average molecular weight is 242 g/mol. The van der Waals surface area contributed by atoms with Gasteiger partial charge in [0.25, 0.3) is 0 Å². The Balaban J connectivity index is 2.24. The van der Waals surface area contributed by atoms with Gasteiger partial charge in [-0.2, -0.15) is 0 Å². The maximum Gasteiger partial charge on any atom is 0.323 e. The monoisotopic (exact) mass is 242 g/mol. The van der Waals surface area contributed by atoms with Gasteiger partial charge in [0.2, 0.25) is 0 Å². The first-order valence-corrected chi connectivity index (χ1v) is 6.62. The molecule has 1 saturated carbocycles. The van der Waals surface area contributed by atoms with Gasteiger partial charge in [-0.05, 0) is 39.2 Å². The van der Waals surface area contributed by atoms with Crippen molar-refractivity contribution in [1.29, 1.82) is 0 Å². The van der Waals surface area contributed by atoms with Crippen molar-refractivity contribution in [2.24, 2.45) is 11.7 Å². The van der Waals surface area contributed by atoms with Crippen molar-refractivity contribution in [2.75, 3.05) is 20.1 Å². The van der Waals surface area contributed by atoms with Crippen LogP contribution in [0.5, 0.6) is 0 Å². The molecule has 0 aromatic rings. The van der Waals surface area contributed by atoms with E-state index in [1.807, 2.05) is 0 Å². The molecule has 0 spiro atoms. The van der Waals surface area contributed by atoms with Gasteiger partial charge in [-0.3, -0.25) is 4.79 Å². The molecule has 0 aromatic carbocycles. The lowest BCUT2D eigenvalue weighted by atomic mass is 9.89. The minimum Gasteiger partial charge on any atom is -0.480 e. The molecule has 0 saturated heterocycles. The van der Waals surface area contributed by atoms with Crippen molar-refractivity contribution in [2.45, 2.75) is 51.0 Å². The van der Waals surface area contributed by atoms with Crippen LogP contribution in [0.1, 0.15) is 45.4 Å². The fourth-order valence-electron chi connectivity index (χ4n) is 2.43. The Bertz CT molecular complexity index is 248. The van der Waals surface area contributed by atoms with Crippen molar-refractivity contribution in [3.8, 4) is 0 Å².